The number of hydrogen-bond donors (Lipinski definition) is 1. The minimum absolute atomic E-state index is 0.144. The quantitative estimate of drug-likeness (QED) is 0.441. The minimum atomic E-state index is -1.33. The number of carbonyl (C=O) groups excluding carboxylic acids is 1. The zero-order valence-electron chi connectivity index (χ0n) is 16.8. The highest BCUT2D eigenvalue weighted by atomic mass is 16.5. The highest BCUT2D eigenvalue weighted by molar-refractivity contribution is 5.99. The molecule has 0 radical (unpaired) electrons. The van der Waals surface area contributed by atoms with Gasteiger partial charge in [-0.05, 0) is 44.2 Å². The second-order valence-electron chi connectivity index (χ2n) is 6.34. The number of rotatable bonds is 8. The fraction of sp³-hybridized carbons (Fsp3) is 0.238. The van der Waals surface area contributed by atoms with Gasteiger partial charge in [-0.1, -0.05) is 12.1 Å². The Hall–Kier alpha value is -3.88. The zero-order valence-corrected chi connectivity index (χ0v) is 16.8. The molecule has 3 rings (SSSR count). The standard InChI is InChI=1S/C21H22N4O5/c1-4-25-20(28)15-7-5-6-8-16(15)22-21(25)24-23-13(2)14-9-10-17(18(11-14)29-3)30-12-19(26)27/h5-11H,4,12H2,1-3H3,(H,22,24)(H,26,27)/p-1/b23-13-. The van der Waals surface area contributed by atoms with Gasteiger partial charge < -0.3 is 19.4 Å². The average molecular weight is 409 g/mol. The lowest BCUT2D eigenvalue weighted by atomic mass is 10.1. The molecule has 0 fully saturated rings. The van der Waals surface area contributed by atoms with E-state index in [0.717, 1.165) is 0 Å². The first kappa shape index (κ1) is 20.8. The van der Waals surface area contributed by atoms with E-state index in [1.807, 2.05) is 13.0 Å². The van der Waals surface area contributed by atoms with E-state index in [1.54, 1.807) is 43.3 Å². The van der Waals surface area contributed by atoms with Gasteiger partial charge in [0.2, 0.25) is 5.95 Å². The predicted molar refractivity (Wildman–Crippen MR) is 111 cm³/mol. The van der Waals surface area contributed by atoms with Crippen molar-refractivity contribution < 1.29 is 19.4 Å². The molecule has 0 saturated heterocycles. The number of nitrogens with one attached hydrogen (secondary N) is 1. The summed E-state index contributed by atoms with van der Waals surface area (Å²) < 4.78 is 11.9. The number of ether oxygens (including phenoxy) is 2. The lowest BCUT2D eigenvalue weighted by molar-refractivity contribution is -0.307. The number of carboxylic acid groups (broad SMARTS) is 1. The van der Waals surface area contributed by atoms with Crippen LogP contribution in [0.5, 0.6) is 11.5 Å². The summed E-state index contributed by atoms with van der Waals surface area (Å²) in [5.41, 5.74) is 4.62. The maximum Gasteiger partial charge on any atom is 0.262 e. The molecule has 3 aromatic rings. The Morgan fingerprint density at radius 1 is 1.23 bits per heavy atom. The summed E-state index contributed by atoms with van der Waals surface area (Å²) in [7, 11) is 1.45. The first-order valence-electron chi connectivity index (χ1n) is 9.25. The zero-order chi connectivity index (χ0) is 21.7. The van der Waals surface area contributed by atoms with E-state index in [2.05, 4.69) is 15.5 Å². The molecule has 9 nitrogen and oxygen atoms in total. The smallest absolute Gasteiger partial charge is 0.262 e. The molecule has 0 aliphatic heterocycles. The molecule has 0 aliphatic carbocycles. The Bertz CT molecular complexity index is 1170. The van der Waals surface area contributed by atoms with Crippen molar-refractivity contribution in [3.8, 4) is 11.5 Å². The number of carboxylic acids is 1. The number of aromatic nitrogens is 2. The van der Waals surface area contributed by atoms with Crippen LogP contribution in [0.1, 0.15) is 19.4 Å². The molecule has 156 valence electrons. The normalized spacial score (nSPS) is 11.4. The van der Waals surface area contributed by atoms with E-state index < -0.39 is 12.6 Å². The molecule has 1 aromatic heterocycles. The molecule has 0 atom stereocenters. The Morgan fingerprint density at radius 3 is 2.70 bits per heavy atom. The number of hydrogen-bond acceptors (Lipinski definition) is 8. The maximum atomic E-state index is 12.7. The van der Waals surface area contributed by atoms with E-state index in [9.17, 15) is 14.7 Å². The summed E-state index contributed by atoms with van der Waals surface area (Å²) in [6.45, 7) is 3.49. The number of nitrogens with zero attached hydrogens (tertiary/aromatic N) is 3. The van der Waals surface area contributed by atoms with Crippen LogP contribution in [-0.2, 0) is 11.3 Å². The van der Waals surface area contributed by atoms with Gasteiger partial charge in [0.25, 0.3) is 5.56 Å². The van der Waals surface area contributed by atoms with Crippen molar-refractivity contribution >= 4 is 28.5 Å². The van der Waals surface area contributed by atoms with Crippen LogP contribution in [-0.4, -0.2) is 34.9 Å². The predicted octanol–water partition coefficient (Wildman–Crippen LogP) is 1.39. The number of anilines is 1. The fourth-order valence-corrected chi connectivity index (χ4v) is 2.89. The van der Waals surface area contributed by atoms with Gasteiger partial charge in [-0.15, -0.1) is 0 Å². The lowest BCUT2D eigenvalue weighted by Gasteiger charge is -2.13. The third-order valence-corrected chi connectivity index (χ3v) is 4.43. The van der Waals surface area contributed by atoms with Crippen molar-refractivity contribution in [3.05, 3.63) is 58.4 Å². The summed E-state index contributed by atoms with van der Waals surface area (Å²) in [5, 5.41) is 15.5. The Kier molecular flexibility index (Phi) is 6.31. The summed E-state index contributed by atoms with van der Waals surface area (Å²) in [6, 6.07) is 12.1. The highest BCUT2D eigenvalue weighted by Gasteiger charge is 2.11. The van der Waals surface area contributed by atoms with Crippen molar-refractivity contribution in [1.29, 1.82) is 0 Å². The fourth-order valence-electron chi connectivity index (χ4n) is 2.89. The first-order chi connectivity index (χ1) is 14.4. The second kappa shape index (κ2) is 9.08. The van der Waals surface area contributed by atoms with Crippen LogP contribution in [0.4, 0.5) is 5.95 Å². The lowest BCUT2D eigenvalue weighted by Crippen LogP contribution is -2.29. The first-order valence-corrected chi connectivity index (χ1v) is 9.25. The van der Waals surface area contributed by atoms with Gasteiger partial charge in [0.1, 0.15) is 6.61 Å². The third kappa shape index (κ3) is 4.40. The SMILES string of the molecule is CCn1c(N/N=C(/C)c2ccc(OCC(=O)[O-])c(OC)c2)nc2ccccc2c1=O. The molecule has 9 heteroatoms. The van der Waals surface area contributed by atoms with E-state index in [-0.39, 0.29) is 11.3 Å². The van der Waals surface area contributed by atoms with E-state index >= 15 is 0 Å². The Balaban J connectivity index is 1.89. The van der Waals surface area contributed by atoms with Gasteiger partial charge in [-0.2, -0.15) is 5.10 Å². The molecule has 0 amide bonds. The minimum Gasteiger partial charge on any atom is -0.546 e. The molecule has 2 aromatic carbocycles. The number of methoxy groups -OCH3 is 1. The van der Waals surface area contributed by atoms with Crippen LogP contribution in [0.15, 0.2) is 52.4 Å². The molecule has 0 spiro atoms. The second-order valence-corrected chi connectivity index (χ2v) is 6.34. The van der Waals surface area contributed by atoms with Crippen LogP contribution in [0.25, 0.3) is 10.9 Å². The highest BCUT2D eigenvalue weighted by Crippen LogP contribution is 2.28. The van der Waals surface area contributed by atoms with Crippen LogP contribution in [0, 0.1) is 0 Å². The van der Waals surface area contributed by atoms with Gasteiger partial charge in [0.05, 0.1) is 29.7 Å². The van der Waals surface area contributed by atoms with Gasteiger partial charge in [-0.3, -0.25) is 9.36 Å². The van der Waals surface area contributed by atoms with Gasteiger partial charge in [0, 0.05) is 12.1 Å². The molecule has 0 aliphatic rings. The summed E-state index contributed by atoms with van der Waals surface area (Å²) >= 11 is 0. The van der Waals surface area contributed by atoms with Crippen molar-refractivity contribution in [3.63, 3.8) is 0 Å². The molecule has 0 bridgehead atoms. The van der Waals surface area contributed by atoms with E-state index in [0.29, 0.717) is 40.4 Å². The molecular formula is C21H21N4O5-. The largest absolute Gasteiger partial charge is 0.546 e. The van der Waals surface area contributed by atoms with Crippen molar-refractivity contribution in [2.45, 2.75) is 20.4 Å². The third-order valence-electron chi connectivity index (χ3n) is 4.43. The number of fused-ring (bicyclic) bond motifs is 1. The molecular weight excluding hydrogens is 388 g/mol. The van der Waals surface area contributed by atoms with Crippen LogP contribution in [0.3, 0.4) is 0 Å². The van der Waals surface area contributed by atoms with E-state index in [4.69, 9.17) is 9.47 Å². The molecule has 1 heterocycles. The Morgan fingerprint density at radius 2 is 2.00 bits per heavy atom. The molecule has 0 saturated carbocycles. The maximum absolute atomic E-state index is 12.7. The topological polar surface area (TPSA) is 118 Å². The van der Waals surface area contributed by atoms with Crippen LogP contribution >= 0.6 is 0 Å². The summed E-state index contributed by atoms with van der Waals surface area (Å²) in [5.74, 6) is -0.353. The number of benzene rings is 2. The van der Waals surface area contributed by atoms with Crippen molar-refractivity contribution in [2.75, 3.05) is 19.1 Å². The number of para-hydroxylation sites is 1. The van der Waals surface area contributed by atoms with E-state index in [1.165, 1.54) is 11.7 Å². The van der Waals surface area contributed by atoms with Crippen LogP contribution in [0.2, 0.25) is 0 Å². The number of carbonyl (C=O) groups is 1. The molecule has 0 unspecified atom stereocenters. The number of aliphatic carboxylic acids is 1. The van der Waals surface area contributed by atoms with Gasteiger partial charge >= 0.3 is 0 Å². The number of hydrazone groups is 1. The summed E-state index contributed by atoms with van der Waals surface area (Å²) in [6.07, 6.45) is 0. The molecule has 1 N–H and O–H groups in total. The van der Waals surface area contributed by atoms with Crippen LogP contribution < -0.4 is 25.6 Å². The monoisotopic (exact) mass is 409 g/mol. The average Bonchev–Trinajstić information content (AvgIpc) is 2.76. The Labute approximate surface area is 172 Å². The molecule has 30 heavy (non-hydrogen) atoms. The van der Waals surface area contributed by atoms with Gasteiger partial charge in [0.15, 0.2) is 11.5 Å². The van der Waals surface area contributed by atoms with Crippen molar-refractivity contribution in [2.24, 2.45) is 5.10 Å². The van der Waals surface area contributed by atoms with Gasteiger partial charge in [-0.25, -0.2) is 10.4 Å². The van der Waals surface area contributed by atoms with Crippen molar-refractivity contribution in [1.82, 2.24) is 9.55 Å². The summed E-state index contributed by atoms with van der Waals surface area (Å²) in [4.78, 5) is 27.8.